The van der Waals surface area contributed by atoms with Gasteiger partial charge in [0.25, 0.3) is 0 Å². The van der Waals surface area contributed by atoms with Gasteiger partial charge in [-0.2, -0.15) is 0 Å². The minimum absolute atomic E-state index is 0.361. The van der Waals surface area contributed by atoms with E-state index >= 15 is 0 Å². The molecule has 26 heavy (non-hydrogen) atoms. The lowest BCUT2D eigenvalue weighted by Gasteiger charge is -2.17. The second kappa shape index (κ2) is 9.10. The van der Waals surface area contributed by atoms with Gasteiger partial charge < -0.3 is 10.1 Å². The number of hydrogen-bond acceptors (Lipinski definition) is 6. The third kappa shape index (κ3) is 5.39. The number of esters is 1. The highest BCUT2D eigenvalue weighted by Gasteiger charge is 2.22. The number of likely N-dealkylation sites (tertiary alicyclic amines) is 1. The second-order valence-electron chi connectivity index (χ2n) is 6.28. The molecule has 1 aromatic carbocycles. The van der Waals surface area contributed by atoms with E-state index in [-0.39, 0.29) is 5.97 Å². The van der Waals surface area contributed by atoms with Crippen LogP contribution in [0.15, 0.2) is 48.5 Å². The van der Waals surface area contributed by atoms with Crippen molar-refractivity contribution in [1.82, 2.24) is 15.1 Å². The lowest BCUT2D eigenvalue weighted by atomic mass is 10.2. The maximum absolute atomic E-state index is 11.3. The number of carbonyl (C=O) groups is 1. The predicted molar refractivity (Wildman–Crippen MR) is 101 cm³/mol. The Morgan fingerprint density at radius 2 is 2.12 bits per heavy atom. The molecular formula is C20H24N4O2. The van der Waals surface area contributed by atoms with E-state index in [2.05, 4.69) is 44.7 Å². The summed E-state index contributed by atoms with van der Waals surface area (Å²) in [5, 5.41) is 11.7. The van der Waals surface area contributed by atoms with Gasteiger partial charge in [0.2, 0.25) is 0 Å². The molecule has 1 saturated heterocycles. The van der Waals surface area contributed by atoms with E-state index in [4.69, 9.17) is 4.74 Å². The number of nitrogens with zero attached hydrogens (tertiary/aromatic N) is 3. The highest BCUT2D eigenvalue weighted by atomic mass is 16.5. The number of ether oxygens (including phenoxy) is 1. The summed E-state index contributed by atoms with van der Waals surface area (Å²) in [7, 11) is 0. The number of anilines is 1. The summed E-state index contributed by atoms with van der Waals surface area (Å²) >= 11 is 0. The molecule has 2 aromatic rings. The molecule has 1 aromatic heterocycles. The monoisotopic (exact) mass is 352 g/mol. The second-order valence-corrected chi connectivity index (χ2v) is 6.28. The average Bonchev–Trinajstić information content (AvgIpc) is 3.09. The molecule has 6 heteroatoms. The Labute approximate surface area is 153 Å². The predicted octanol–water partition coefficient (Wildman–Crippen LogP) is 2.74. The fraction of sp³-hybridized carbons (Fsp3) is 0.350. The third-order valence-corrected chi connectivity index (χ3v) is 4.24. The molecular weight excluding hydrogens is 328 g/mol. The van der Waals surface area contributed by atoms with E-state index in [1.165, 1.54) is 11.6 Å². The van der Waals surface area contributed by atoms with Crippen LogP contribution in [0.3, 0.4) is 0 Å². The molecule has 0 bridgehead atoms. The molecule has 0 aliphatic carbocycles. The van der Waals surface area contributed by atoms with Crippen molar-refractivity contribution in [3.05, 3.63) is 59.8 Å². The molecule has 1 atom stereocenters. The Balaban J connectivity index is 1.48. The minimum Gasteiger partial charge on any atom is -0.463 e. The maximum atomic E-state index is 11.3. The molecule has 136 valence electrons. The first-order valence-electron chi connectivity index (χ1n) is 8.94. The summed E-state index contributed by atoms with van der Waals surface area (Å²) in [5.74, 6) is 0.380. The van der Waals surface area contributed by atoms with Crippen molar-refractivity contribution in [2.24, 2.45) is 0 Å². The normalized spacial score (nSPS) is 17.5. The molecule has 0 amide bonds. The molecule has 0 unspecified atom stereocenters. The summed E-state index contributed by atoms with van der Waals surface area (Å²) < 4.78 is 4.84. The van der Waals surface area contributed by atoms with Gasteiger partial charge in [0.05, 0.1) is 12.3 Å². The summed E-state index contributed by atoms with van der Waals surface area (Å²) in [6.45, 7) is 5.17. The number of hydrogen-bond donors (Lipinski definition) is 1. The molecule has 1 aliphatic heterocycles. The van der Waals surface area contributed by atoms with Crippen LogP contribution >= 0.6 is 0 Å². The summed E-state index contributed by atoms with van der Waals surface area (Å²) in [5.41, 5.74) is 1.96. The smallest absolute Gasteiger partial charge is 0.330 e. The van der Waals surface area contributed by atoms with Crippen LogP contribution in [0, 0.1) is 0 Å². The van der Waals surface area contributed by atoms with Crippen molar-refractivity contribution in [1.29, 1.82) is 0 Å². The van der Waals surface area contributed by atoms with Crippen molar-refractivity contribution >= 4 is 17.9 Å². The number of benzene rings is 1. The Morgan fingerprint density at radius 1 is 1.27 bits per heavy atom. The van der Waals surface area contributed by atoms with Crippen molar-refractivity contribution in [2.45, 2.75) is 25.9 Å². The Hall–Kier alpha value is -2.73. The number of aromatic nitrogens is 2. The number of carbonyl (C=O) groups excluding carboxylic acids is 1. The largest absolute Gasteiger partial charge is 0.463 e. The van der Waals surface area contributed by atoms with E-state index < -0.39 is 0 Å². The van der Waals surface area contributed by atoms with Crippen LogP contribution in [0.25, 0.3) is 6.08 Å². The molecule has 3 rings (SSSR count). The zero-order valence-electron chi connectivity index (χ0n) is 15.0. The quantitative estimate of drug-likeness (QED) is 0.610. The number of nitrogens with one attached hydrogen (secondary N) is 1. The molecule has 0 spiro atoms. The summed E-state index contributed by atoms with van der Waals surface area (Å²) in [6, 6.07) is 14.6. The molecule has 0 saturated carbocycles. The highest BCUT2D eigenvalue weighted by molar-refractivity contribution is 5.86. The Morgan fingerprint density at radius 3 is 2.85 bits per heavy atom. The molecule has 2 heterocycles. The molecule has 1 N–H and O–H groups in total. The van der Waals surface area contributed by atoms with Gasteiger partial charge >= 0.3 is 5.97 Å². The first kappa shape index (κ1) is 18.1. The zero-order valence-corrected chi connectivity index (χ0v) is 15.0. The van der Waals surface area contributed by atoms with Gasteiger partial charge in [0.1, 0.15) is 5.82 Å². The van der Waals surface area contributed by atoms with Gasteiger partial charge in [-0.15, -0.1) is 10.2 Å². The van der Waals surface area contributed by atoms with Gasteiger partial charge in [0, 0.05) is 31.8 Å². The van der Waals surface area contributed by atoms with Crippen molar-refractivity contribution in [3.8, 4) is 0 Å². The highest BCUT2D eigenvalue weighted by Crippen LogP contribution is 2.16. The van der Waals surface area contributed by atoms with Crippen molar-refractivity contribution < 1.29 is 9.53 Å². The van der Waals surface area contributed by atoms with Crippen LogP contribution in [0.2, 0.25) is 0 Å². The summed E-state index contributed by atoms with van der Waals surface area (Å²) in [6.07, 6.45) is 4.05. The van der Waals surface area contributed by atoms with Crippen LogP contribution in [0.4, 0.5) is 5.82 Å². The number of rotatable bonds is 7. The third-order valence-electron chi connectivity index (χ3n) is 4.24. The van der Waals surface area contributed by atoms with Crippen molar-refractivity contribution in [3.63, 3.8) is 0 Å². The first-order chi connectivity index (χ1) is 12.7. The lowest BCUT2D eigenvalue weighted by molar-refractivity contribution is -0.137. The van der Waals surface area contributed by atoms with Crippen LogP contribution < -0.4 is 5.32 Å². The van der Waals surface area contributed by atoms with Gasteiger partial charge in [-0.1, -0.05) is 30.3 Å². The topological polar surface area (TPSA) is 67.3 Å². The fourth-order valence-electron chi connectivity index (χ4n) is 3.00. The Bertz CT molecular complexity index is 731. The molecule has 1 fully saturated rings. The van der Waals surface area contributed by atoms with Crippen molar-refractivity contribution in [2.75, 3.05) is 25.0 Å². The Kier molecular flexibility index (Phi) is 6.33. The van der Waals surface area contributed by atoms with Crippen LogP contribution in [-0.2, 0) is 16.1 Å². The zero-order chi connectivity index (χ0) is 18.2. The summed E-state index contributed by atoms with van der Waals surface area (Å²) in [4.78, 5) is 13.7. The maximum Gasteiger partial charge on any atom is 0.330 e. The van der Waals surface area contributed by atoms with E-state index in [9.17, 15) is 4.79 Å². The fourth-order valence-corrected chi connectivity index (χ4v) is 3.00. The molecule has 6 nitrogen and oxygen atoms in total. The van der Waals surface area contributed by atoms with E-state index in [1.807, 2.05) is 18.2 Å². The SMILES string of the molecule is CCOC(=O)/C=C/c1ccc(N[C@@H]2CCN(Cc3ccccc3)C2)nn1. The van der Waals surface area contributed by atoms with Crippen LogP contribution in [-0.4, -0.2) is 46.8 Å². The van der Waals surface area contributed by atoms with E-state index in [0.29, 0.717) is 18.3 Å². The van der Waals surface area contributed by atoms with E-state index in [0.717, 1.165) is 31.9 Å². The standard InChI is InChI=1S/C20H24N4O2/c1-2-26-20(25)11-9-17-8-10-19(23-22-17)21-18-12-13-24(15-18)14-16-6-4-3-5-7-16/h3-11,18H,2,12-15H2,1H3,(H,21,23)/b11-9+/t18-/m1/s1. The van der Waals surface area contributed by atoms with Gasteiger partial charge in [-0.3, -0.25) is 4.90 Å². The van der Waals surface area contributed by atoms with Gasteiger partial charge in [-0.05, 0) is 37.1 Å². The molecule has 0 radical (unpaired) electrons. The lowest BCUT2D eigenvalue weighted by Crippen LogP contribution is -2.26. The van der Waals surface area contributed by atoms with Crippen LogP contribution in [0.5, 0.6) is 0 Å². The first-order valence-corrected chi connectivity index (χ1v) is 8.94. The molecule has 1 aliphatic rings. The minimum atomic E-state index is -0.374. The van der Waals surface area contributed by atoms with Crippen LogP contribution in [0.1, 0.15) is 24.6 Å². The van der Waals surface area contributed by atoms with Gasteiger partial charge in [0.15, 0.2) is 0 Å². The van der Waals surface area contributed by atoms with E-state index in [1.54, 1.807) is 13.0 Å². The average molecular weight is 352 g/mol. The van der Waals surface area contributed by atoms with Gasteiger partial charge in [-0.25, -0.2) is 4.79 Å².